The van der Waals surface area contributed by atoms with Crippen LogP contribution in [0.1, 0.15) is 58.6 Å². The molecule has 1 atom stereocenters. The second-order valence-electron chi connectivity index (χ2n) is 7.58. The van der Waals surface area contributed by atoms with Gasteiger partial charge in [0, 0.05) is 19.6 Å². The highest BCUT2D eigenvalue weighted by Gasteiger charge is 2.27. The Morgan fingerprint density at radius 2 is 1.81 bits per heavy atom. The molecule has 1 aromatic rings. The maximum atomic E-state index is 12.9. The third-order valence-corrected chi connectivity index (χ3v) is 4.28. The number of alkyl carbamates (subject to hydrolysis) is 1. The molecular formula is C20H31N3O3. The molecular weight excluding hydrogens is 330 g/mol. The fourth-order valence-electron chi connectivity index (χ4n) is 3.14. The Morgan fingerprint density at radius 3 is 2.35 bits per heavy atom. The minimum Gasteiger partial charge on any atom is -0.444 e. The molecule has 6 heteroatoms. The predicted octanol–water partition coefficient (Wildman–Crippen LogP) is 3.50. The minimum atomic E-state index is -0.583. The fraction of sp³-hybridized carbons (Fsp3) is 0.600. The molecule has 1 heterocycles. The van der Waals surface area contributed by atoms with E-state index >= 15 is 0 Å². The summed E-state index contributed by atoms with van der Waals surface area (Å²) in [6.45, 7) is 9.90. The van der Waals surface area contributed by atoms with Gasteiger partial charge in [0.1, 0.15) is 5.60 Å². The van der Waals surface area contributed by atoms with Crippen LogP contribution in [-0.2, 0) is 9.53 Å². The number of nitrogens with zero attached hydrogens (tertiary/aromatic N) is 2. The van der Waals surface area contributed by atoms with E-state index in [0.29, 0.717) is 6.54 Å². The molecule has 2 rings (SSSR count). The zero-order chi connectivity index (χ0) is 19.2. The van der Waals surface area contributed by atoms with Gasteiger partial charge in [0.25, 0.3) is 0 Å². The first-order valence-corrected chi connectivity index (χ1v) is 9.40. The molecule has 0 aliphatic carbocycles. The number of carbonyl (C=O) groups excluding carboxylic acids is 2. The van der Waals surface area contributed by atoms with Gasteiger partial charge >= 0.3 is 6.09 Å². The molecule has 0 radical (unpaired) electrons. The van der Waals surface area contributed by atoms with Crippen molar-refractivity contribution in [1.29, 1.82) is 0 Å². The largest absolute Gasteiger partial charge is 0.444 e. The van der Waals surface area contributed by atoms with Crippen molar-refractivity contribution in [3.05, 3.63) is 35.9 Å². The topological polar surface area (TPSA) is 61.9 Å². The SMILES string of the molecule is CCN(C(=O)CC(NC(=O)OC(C)(C)C)c1ccccc1)N1CCCC1. The molecule has 0 bridgehead atoms. The first-order valence-electron chi connectivity index (χ1n) is 9.40. The number of carbonyl (C=O) groups is 2. The van der Waals surface area contributed by atoms with Gasteiger partial charge in [0.05, 0.1) is 12.5 Å². The van der Waals surface area contributed by atoms with Crippen LogP contribution in [-0.4, -0.2) is 47.3 Å². The molecule has 6 nitrogen and oxygen atoms in total. The number of hydrogen-bond donors (Lipinski definition) is 1. The van der Waals surface area contributed by atoms with Gasteiger partial charge in [-0.2, -0.15) is 0 Å². The number of ether oxygens (including phenoxy) is 1. The second kappa shape index (κ2) is 9.03. The van der Waals surface area contributed by atoms with Gasteiger partial charge in [-0.05, 0) is 46.1 Å². The van der Waals surface area contributed by atoms with Crippen LogP contribution in [0.5, 0.6) is 0 Å². The zero-order valence-electron chi connectivity index (χ0n) is 16.3. The van der Waals surface area contributed by atoms with Gasteiger partial charge < -0.3 is 10.1 Å². The number of rotatable bonds is 6. The van der Waals surface area contributed by atoms with E-state index in [9.17, 15) is 9.59 Å². The third kappa shape index (κ3) is 6.02. The first kappa shape index (κ1) is 20.2. The van der Waals surface area contributed by atoms with Crippen LogP contribution in [0.3, 0.4) is 0 Å². The van der Waals surface area contributed by atoms with E-state index in [2.05, 4.69) is 10.3 Å². The average Bonchev–Trinajstić information content (AvgIpc) is 3.08. The Labute approximate surface area is 156 Å². The van der Waals surface area contributed by atoms with Crippen LogP contribution in [0.2, 0.25) is 0 Å². The maximum absolute atomic E-state index is 12.9. The molecule has 1 fully saturated rings. The van der Waals surface area contributed by atoms with Crippen LogP contribution in [0.25, 0.3) is 0 Å². The first-order chi connectivity index (χ1) is 12.3. The smallest absolute Gasteiger partial charge is 0.408 e. The molecule has 0 aromatic heterocycles. The Kier molecular flexibility index (Phi) is 7.03. The highest BCUT2D eigenvalue weighted by Crippen LogP contribution is 2.21. The van der Waals surface area contributed by atoms with Crippen molar-refractivity contribution < 1.29 is 14.3 Å². The van der Waals surface area contributed by atoms with Crippen LogP contribution in [0.15, 0.2) is 30.3 Å². The quantitative estimate of drug-likeness (QED) is 0.842. The average molecular weight is 361 g/mol. The van der Waals surface area contributed by atoms with Gasteiger partial charge in [-0.1, -0.05) is 30.3 Å². The minimum absolute atomic E-state index is 0.0133. The molecule has 1 aliphatic rings. The van der Waals surface area contributed by atoms with E-state index in [1.165, 1.54) is 0 Å². The van der Waals surface area contributed by atoms with Crippen molar-refractivity contribution in [2.75, 3.05) is 19.6 Å². The normalized spacial score (nSPS) is 16.2. The molecule has 1 saturated heterocycles. The number of nitrogens with one attached hydrogen (secondary N) is 1. The van der Waals surface area contributed by atoms with E-state index < -0.39 is 17.7 Å². The zero-order valence-corrected chi connectivity index (χ0v) is 16.3. The lowest BCUT2D eigenvalue weighted by molar-refractivity contribution is -0.147. The lowest BCUT2D eigenvalue weighted by atomic mass is 10.0. The van der Waals surface area contributed by atoms with Crippen molar-refractivity contribution in [3.63, 3.8) is 0 Å². The fourth-order valence-corrected chi connectivity index (χ4v) is 3.14. The van der Waals surface area contributed by atoms with Crippen LogP contribution in [0.4, 0.5) is 4.79 Å². The molecule has 1 aliphatic heterocycles. The van der Waals surface area contributed by atoms with E-state index in [0.717, 1.165) is 31.5 Å². The molecule has 2 amide bonds. The van der Waals surface area contributed by atoms with E-state index in [4.69, 9.17) is 4.74 Å². The lowest BCUT2D eigenvalue weighted by Crippen LogP contribution is -2.46. The van der Waals surface area contributed by atoms with Crippen molar-refractivity contribution in [2.24, 2.45) is 0 Å². The molecule has 0 saturated carbocycles. The van der Waals surface area contributed by atoms with E-state index in [1.807, 2.05) is 58.0 Å². The lowest BCUT2D eigenvalue weighted by Gasteiger charge is -2.32. The van der Waals surface area contributed by atoms with Crippen LogP contribution in [0, 0.1) is 0 Å². The van der Waals surface area contributed by atoms with Gasteiger partial charge in [-0.25, -0.2) is 9.80 Å². The molecule has 1 N–H and O–H groups in total. The molecule has 144 valence electrons. The monoisotopic (exact) mass is 361 g/mol. The number of hydrazine groups is 1. The predicted molar refractivity (Wildman–Crippen MR) is 101 cm³/mol. The number of amides is 2. The Balaban J connectivity index is 2.10. The summed E-state index contributed by atoms with van der Waals surface area (Å²) in [6, 6.07) is 9.14. The second-order valence-corrected chi connectivity index (χ2v) is 7.58. The molecule has 1 unspecified atom stereocenters. The highest BCUT2D eigenvalue weighted by atomic mass is 16.6. The number of benzene rings is 1. The van der Waals surface area contributed by atoms with Gasteiger partial charge in [-0.15, -0.1) is 0 Å². The Morgan fingerprint density at radius 1 is 1.19 bits per heavy atom. The maximum Gasteiger partial charge on any atom is 0.408 e. The van der Waals surface area contributed by atoms with Gasteiger partial charge in [-0.3, -0.25) is 9.80 Å². The number of hydrogen-bond acceptors (Lipinski definition) is 4. The van der Waals surface area contributed by atoms with Crippen molar-refractivity contribution in [2.45, 2.75) is 58.6 Å². The molecule has 1 aromatic carbocycles. The van der Waals surface area contributed by atoms with Gasteiger partial charge in [0.2, 0.25) is 5.91 Å². The summed E-state index contributed by atoms with van der Waals surface area (Å²) in [7, 11) is 0. The van der Waals surface area contributed by atoms with E-state index in [1.54, 1.807) is 5.01 Å². The summed E-state index contributed by atoms with van der Waals surface area (Å²) in [5, 5.41) is 6.78. The van der Waals surface area contributed by atoms with Crippen molar-refractivity contribution >= 4 is 12.0 Å². The Hall–Kier alpha value is -2.08. The summed E-state index contributed by atoms with van der Waals surface area (Å²) in [6.07, 6.45) is 1.92. The summed E-state index contributed by atoms with van der Waals surface area (Å²) >= 11 is 0. The summed E-state index contributed by atoms with van der Waals surface area (Å²) in [5.41, 5.74) is 0.310. The third-order valence-electron chi connectivity index (χ3n) is 4.28. The highest BCUT2D eigenvalue weighted by molar-refractivity contribution is 5.78. The van der Waals surface area contributed by atoms with Gasteiger partial charge in [0.15, 0.2) is 0 Å². The van der Waals surface area contributed by atoms with Crippen LogP contribution < -0.4 is 5.32 Å². The standard InChI is InChI=1S/C20H31N3O3/c1-5-23(22-13-9-10-14-22)18(24)15-17(16-11-7-6-8-12-16)21-19(25)26-20(2,3)4/h6-8,11-12,17H,5,9-10,13-15H2,1-4H3,(H,21,25). The van der Waals surface area contributed by atoms with Crippen molar-refractivity contribution in [1.82, 2.24) is 15.3 Å². The van der Waals surface area contributed by atoms with Crippen molar-refractivity contribution in [3.8, 4) is 0 Å². The molecule has 0 spiro atoms. The Bertz CT molecular complexity index is 592. The van der Waals surface area contributed by atoms with Crippen LogP contribution >= 0.6 is 0 Å². The molecule has 26 heavy (non-hydrogen) atoms. The summed E-state index contributed by atoms with van der Waals surface area (Å²) in [4.78, 5) is 25.2. The summed E-state index contributed by atoms with van der Waals surface area (Å²) in [5.74, 6) is 0.0133. The van der Waals surface area contributed by atoms with E-state index in [-0.39, 0.29) is 12.3 Å². The summed E-state index contributed by atoms with van der Waals surface area (Å²) < 4.78 is 5.37.